The smallest absolute Gasteiger partial charge is 0.124 e. The van der Waals surface area contributed by atoms with E-state index in [1.165, 1.54) is 0 Å². The molecule has 2 aromatic rings. The van der Waals surface area contributed by atoms with E-state index in [2.05, 4.69) is 5.16 Å². The lowest BCUT2D eigenvalue weighted by Crippen LogP contribution is -1.95. The second-order valence-electron chi connectivity index (χ2n) is 4.15. The van der Waals surface area contributed by atoms with E-state index in [-0.39, 0.29) is 5.75 Å². The molecule has 0 saturated carbocycles. The molecule has 0 spiro atoms. The third-order valence-corrected chi connectivity index (χ3v) is 2.96. The van der Waals surface area contributed by atoms with E-state index in [1.54, 1.807) is 26.2 Å². The average Bonchev–Trinajstić information content (AvgIpc) is 2.47. The molecule has 2 aromatic carbocycles. The average molecular weight is 257 g/mol. The van der Waals surface area contributed by atoms with Crippen molar-refractivity contribution >= 4 is 5.71 Å². The third kappa shape index (κ3) is 2.68. The van der Waals surface area contributed by atoms with E-state index < -0.39 is 0 Å². The molecule has 0 amide bonds. The summed E-state index contributed by atoms with van der Waals surface area (Å²) in [4.78, 5) is 0. The van der Waals surface area contributed by atoms with Crippen LogP contribution in [0.25, 0.3) is 11.1 Å². The molecule has 0 atom stereocenters. The number of phenolic OH excluding ortho intramolecular Hbond substituents is 1. The highest BCUT2D eigenvalue weighted by atomic mass is 16.5. The molecule has 98 valence electrons. The number of methoxy groups -OCH3 is 1. The predicted molar refractivity (Wildman–Crippen MR) is 74.1 cm³/mol. The highest BCUT2D eigenvalue weighted by Gasteiger charge is 2.08. The lowest BCUT2D eigenvalue weighted by molar-refractivity contribution is 0.318. The number of benzene rings is 2. The molecule has 2 N–H and O–H groups in total. The van der Waals surface area contributed by atoms with Crippen molar-refractivity contribution in [3.05, 3.63) is 48.0 Å². The molecule has 0 saturated heterocycles. The highest BCUT2D eigenvalue weighted by molar-refractivity contribution is 6.01. The molecule has 0 bridgehead atoms. The Morgan fingerprint density at radius 1 is 1.05 bits per heavy atom. The molecule has 2 rings (SSSR count). The molecular weight excluding hydrogens is 242 g/mol. The van der Waals surface area contributed by atoms with Gasteiger partial charge in [-0.05, 0) is 42.3 Å². The predicted octanol–water partition coefficient (Wildman–Crippen LogP) is 3.27. The van der Waals surface area contributed by atoms with Gasteiger partial charge in [-0.15, -0.1) is 0 Å². The van der Waals surface area contributed by atoms with Crippen molar-refractivity contribution in [1.29, 1.82) is 0 Å². The molecule has 0 fully saturated rings. The number of oxime groups is 1. The van der Waals surface area contributed by atoms with E-state index in [0.717, 1.165) is 16.9 Å². The van der Waals surface area contributed by atoms with Crippen LogP contribution in [0.4, 0.5) is 0 Å². The fourth-order valence-electron chi connectivity index (χ4n) is 1.84. The van der Waals surface area contributed by atoms with Crippen LogP contribution in [-0.4, -0.2) is 23.1 Å². The topological polar surface area (TPSA) is 62.0 Å². The summed E-state index contributed by atoms with van der Waals surface area (Å²) in [7, 11) is 1.62. The quantitative estimate of drug-likeness (QED) is 0.504. The number of aromatic hydroxyl groups is 1. The zero-order valence-corrected chi connectivity index (χ0v) is 10.8. The molecule has 0 unspecified atom stereocenters. The van der Waals surface area contributed by atoms with Crippen LogP contribution in [0.3, 0.4) is 0 Å². The molecule has 4 heteroatoms. The van der Waals surface area contributed by atoms with Gasteiger partial charge in [0.2, 0.25) is 0 Å². The maximum absolute atomic E-state index is 9.75. The second-order valence-corrected chi connectivity index (χ2v) is 4.15. The lowest BCUT2D eigenvalue weighted by Gasteiger charge is -2.08. The minimum atomic E-state index is 0.0903. The summed E-state index contributed by atoms with van der Waals surface area (Å²) in [6.45, 7) is 1.63. The Morgan fingerprint density at radius 3 is 2.26 bits per heavy atom. The van der Waals surface area contributed by atoms with Crippen molar-refractivity contribution in [2.75, 3.05) is 7.11 Å². The van der Waals surface area contributed by atoms with Crippen LogP contribution in [0, 0.1) is 0 Å². The molecule has 0 heterocycles. The standard InChI is InChI=1S/C15H15NO3/c1-10(16-18)14-9-12(5-8-15(14)17)11-3-6-13(19-2)7-4-11/h3-9,17-18H,1-2H3/b16-10+. The van der Waals surface area contributed by atoms with Crippen LogP contribution < -0.4 is 4.74 Å². The second kappa shape index (κ2) is 5.44. The molecule has 19 heavy (non-hydrogen) atoms. The lowest BCUT2D eigenvalue weighted by atomic mass is 10.0. The SMILES string of the molecule is COc1ccc(-c2ccc(O)c(/C(C)=N/O)c2)cc1. The number of hydrogen-bond donors (Lipinski definition) is 2. The number of phenols is 1. The summed E-state index contributed by atoms with van der Waals surface area (Å²) in [5.41, 5.74) is 2.80. The minimum Gasteiger partial charge on any atom is -0.507 e. The van der Waals surface area contributed by atoms with Crippen molar-refractivity contribution in [2.45, 2.75) is 6.92 Å². The Kier molecular flexibility index (Phi) is 3.71. The molecule has 0 aliphatic heterocycles. The first-order valence-electron chi connectivity index (χ1n) is 5.82. The van der Waals surface area contributed by atoms with Gasteiger partial charge in [0.1, 0.15) is 11.5 Å². The Bertz CT molecular complexity index is 603. The van der Waals surface area contributed by atoms with E-state index in [9.17, 15) is 5.11 Å². The van der Waals surface area contributed by atoms with Crippen LogP contribution in [0.1, 0.15) is 12.5 Å². The third-order valence-electron chi connectivity index (χ3n) is 2.96. The first-order chi connectivity index (χ1) is 9.15. The van der Waals surface area contributed by atoms with E-state index in [1.807, 2.05) is 30.3 Å². The molecule has 0 aromatic heterocycles. The maximum atomic E-state index is 9.75. The molecular formula is C15H15NO3. The van der Waals surface area contributed by atoms with Gasteiger partial charge >= 0.3 is 0 Å². The summed E-state index contributed by atoms with van der Waals surface area (Å²) in [5, 5.41) is 21.7. The van der Waals surface area contributed by atoms with E-state index in [0.29, 0.717) is 11.3 Å². The summed E-state index contributed by atoms with van der Waals surface area (Å²) >= 11 is 0. The van der Waals surface area contributed by atoms with Crippen molar-refractivity contribution in [3.8, 4) is 22.6 Å². The zero-order valence-electron chi connectivity index (χ0n) is 10.8. The zero-order chi connectivity index (χ0) is 13.8. The van der Waals surface area contributed by atoms with Gasteiger partial charge in [0, 0.05) is 5.56 Å². The van der Waals surface area contributed by atoms with Crippen molar-refractivity contribution in [3.63, 3.8) is 0 Å². The molecule has 0 radical (unpaired) electrons. The summed E-state index contributed by atoms with van der Waals surface area (Å²) < 4.78 is 5.11. The van der Waals surface area contributed by atoms with Gasteiger partial charge < -0.3 is 15.1 Å². The van der Waals surface area contributed by atoms with Crippen molar-refractivity contribution in [2.24, 2.45) is 5.16 Å². The minimum absolute atomic E-state index is 0.0903. The first-order valence-corrected chi connectivity index (χ1v) is 5.82. The fraction of sp³-hybridized carbons (Fsp3) is 0.133. The van der Waals surface area contributed by atoms with Gasteiger partial charge in [-0.3, -0.25) is 0 Å². The Morgan fingerprint density at radius 2 is 1.68 bits per heavy atom. The van der Waals surface area contributed by atoms with Crippen LogP contribution in [0.5, 0.6) is 11.5 Å². The van der Waals surface area contributed by atoms with E-state index >= 15 is 0 Å². The number of hydrogen-bond acceptors (Lipinski definition) is 4. The van der Waals surface area contributed by atoms with Crippen LogP contribution >= 0.6 is 0 Å². The first kappa shape index (κ1) is 13.0. The Hall–Kier alpha value is -2.49. The number of nitrogens with zero attached hydrogens (tertiary/aromatic N) is 1. The Balaban J connectivity index is 2.45. The number of rotatable bonds is 3. The van der Waals surface area contributed by atoms with Crippen molar-refractivity contribution < 1.29 is 15.1 Å². The van der Waals surface area contributed by atoms with Gasteiger partial charge in [0.05, 0.1) is 12.8 Å². The molecule has 0 aliphatic rings. The van der Waals surface area contributed by atoms with Gasteiger partial charge in [-0.2, -0.15) is 0 Å². The number of ether oxygens (including phenoxy) is 1. The van der Waals surface area contributed by atoms with E-state index in [4.69, 9.17) is 9.94 Å². The van der Waals surface area contributed by atoms with Gasteiger partial charge in [-0.25, -0.2) is 0 Å². The van der Waals surface area contributed by atoms with Crippen molar-refractivity contribution in [1.82, 2.24) is 0 Å². The molecule has 0 aliphatic carbocycles. The summed E-state index contributed by atoms with van der Waals surface area (Å²) in [6, 6.07) is 12.8. The summed E-state index contributed by atoms with van der Waals surface area (Å²) in [6.07, 6.45) is 0. The highest BCUT2D eigenvalue weighted by Crippen LogP contribution is 2.27. The van der Waals surface area contributed by atoms with Gasteiger partial charge in [0.25, 0.3) is 0 Å². The normalized spacial score (nSPS) is 11.4. The fourth-order valence-corrected chi connectivity index (χ4v) is 1.84. The van der Waals surface area contributed by atoms with Crippen LogP contribution in [-0.2, 0) is 0 Å². The maximum Gasteiger partial charge on any atom is 0.124 e. The monoisotopic (exact) mass is 257 g/mol. The van der Waals surface area contributed by atoms with Crippen LogP contribution in [0.15, 0.2) is 47.6 Å². The van der Waals surface area contributed by atoms with Gasteiger partial charge in [0.15, 0.2) is 0 Å². The van der Waals surface area contributed by atoms with Crippen LogP contribution in [0.2, 0.25) is 0 Å². The van der Waals surface area contributed by atoms with Gasteiger partial charge in [-0.1, -0.05) is 23.4 Å². The summed E-state index contributed by atoms with van der Waals surface area (Å²) in [5.74, 6) is 0.878. The largest absolute Gasteiger partial charge is 0.507 e. The Labute approximate surface area is 111 Å². The molecule has 4 nitrogen and oxygen atoms in total.